The van der Waals surface area contributed by atoms with Gasteiger partial charge in [0.2, 0.25) is 0 Å². The molecule has 82 valence electrons. The van der Waals surface area contributed by atoms with Crippen LogP contribution in [-0.4, -0.2) is 12.1 Å². The van der Waals surface area contributed by atoms with E-state index in [1.807, 2.05) is 24.3 Å². The maximum atomic E-state index is 5.74. The van der Waals surface area contributed by atoms with E-state index in [-0.39, 0.29) is 5.92 Å². The Morgan fingerprint density at radius 3 is 2.13 bits per heavy atom. The number of methoxy groups -OCH3 is 1. The van der Waals surface area contributed by atoms with Crippen molar-refractivity contribution in [2.24, 2.45) is 11.7 Å². The standard InChI is InChI=1S/C12H17NOS/c1-8(2)11(12(13)15)9-4-6-10(14-3)7-5-9/h4-8,11H,1-3H3,(H2,13,15). The molecule has 1 unspecified atom stereocenters. The molecule has 2 nitrogen and oxygen atoms in total. The van der Waals surface area contributed by atoms with Gasteiger partial charge in [-0.05, 0) is 23.6 Å². The molecule has 0 aromatic heterocycles. The molecule has 0 saturated carbocycles. The summed E-state index contributed by atoms with van der Waals surface area (Å²) in [5.41, 5.74) is 6.89. The summed E-state index contributed by atoms with van der Waals surface area (Å²) in [5.74, 6) is 1.41. The van der Waals surface area contributed by atoms with Crippen molar-refractivity contribution in [3.8, 4) is 5.75 Å². The third kappa shape index (κ3) is 2.93. The molecule has 0 radical (unpaired) electrons. The second kappa shape index (κ2) is 5.12. The summed E-state index contributed by atoms with van der Waals surface area (Å²) < 4.78 is 5.11. The Kier molecular flexibility index (Phi) is 4.09. The summed E-state index contributed by atoms with van der Waals surface area (Å²) in [4.78, 5) is 0.551. The maximum Gasteiger partial charge on any atom is 0.118 e. The Balaban J connectivity index is 2.97. The van der Waals surface area contributed by atoms with Crippen LogP contribution in [0.5, 0.6) is 5.75 Å². The van der Waals surface area contributed by atoms with Crippen LogP contribution in [0.25, 0.3) is 0 Å². The Morgan fingerprint density at radius 2 is 1.80 bits per heavy atom. The van der Waals surface area contributed by atoms with E-state index in [2.05, 4.69) is 13.8 Å². The first-order chi connectivity index (χ1) is 7.06. The Hall–Kier alpha value is -1.09. The number of ether oxygens (including phenoxy) is 1. The molecule has 0 aliphatic carbocycles. The van der Waals surface area contributed by atoms with Gasteiger partial charge in [0.05, 0.1) is 12.1 Å². The van der Waals surface area contributed by atoms with Crippen LogP contribution in [0, 0.1) is 5.92 Å². The van der Waals surface area contributed by atoms with E-state index < -0.39 is 0 Å². The molecule has 15 heavy (non-hydrogen) atoms. The van der Waals surface area contributed by atoms with Crippen molar-refractivity contribution in [2.45, 2.75) is 19.8 Å². The predicted molar refractivity (Wildman–Crippen MR) is 67.4 cm³/mol. The molecule has 0 saturated heterocycles. The first-order valence-corrected chi connectivity index (χ1v) is 5.40. The molecule has 0 fully saturated rings. The monoisotopic (exact) mass is 223 g/mol. The highest BCUT2D eigenvalue weighted by Crippen LogP contribution is 2.26. The van der Waals surface area contributed by atoms with Crippen molar-refractivity contribution < 1.29 is 4.74 Å². The molecule has 1 aromatic carbocycles. The van der Waals surface area contributed by atoms with Gasteiger partial charge in [-0.25, -0.2) is 0 Å². The van der Waals surface area contributed by atoms with Crippen LogP contribution in [0.2, 0.25) is 0 Å². The molecule has 3 heteroatoms. The fourth-order valence-electron chi connectivity index (χ4n) is 1.69. The zero-order valence-corrected chi connectivity index (χ0v) is 10.2. The van der Waals surface area contributed by atoms with Gasteiger partial charge in [-0.2, -0.15) is 0 Å². The lowest BCUT2D eigenvalue weighted by atomic mass is 9.88. The van der Waals surface area contributed by atoms with Gasteiger partial charge in [0.1, 0.15) is 5.75 Å². The fraction of sp³-hybridized carbons (Fsp3) is 0.417. The zero-order valence-electron chi connectivity index (χ0n) is 9.36. The SMILES string of the molecule is COc1ccc(C(C(N)=S)C(C)C)cc1. The second-order valence-corrected chi connectivity index (χ2v) is 4.37. The molecule has 1 atom stereocenters. The highest BCUT2D eigenvalue weighted by Gasteiger charge is 2.18. The Labute approximate surface area is 96.4 Å². The molecule has 0 heterocycles. The smallest absolute Gasteiger partial charge is 0.118 e. The van der Waals surface area contributed by atoms with E-state index >= 15 is 0 Å². The van der Waals surface area contributed by atoms with Crippen molar-refractivity contribution in [3.63, 3.8) is 0 Å². The number of hydrogen-bond acceptors (Lipinski definition) is 2. The number of benzene rings is 1. The zero-order chi connectivity index (χ0) is 11.4. The largest absolute Gasteiger partial charge is 0.497 e. The number of hydrogen-bond donors (Lipinski definition) is 1. The van der Waals surface area contributed by atoms with Gasteiger partial charge in [-0.1, -0.05) is 38.2 Å². The van der Waals surface area contributed by atoms with Crippen LogP contribution < -0.4 is 10.5 Å². The average molecular weight is 223 g/mol. The molecular formula is C12H17NOS. The fourth-order valence-corrected chi connectivity index (χ4v) is 2.10. The topological polar surface area (TPSA) is 35.2 Å². The summed E-state index contributed by atoms with van der Waals surface area (Å²) in [6.07, 6.45) is 0. The molecule has 0 spiro atoms. The Bertz CT molecular complexity index is 332. The van der Waals surface area contributed by atoms with Crippen LogP contribution in [-0.2, 0) is 0 Å². The summed E-state index contributed by atoms with van der Waals surface area (Å²) in [6.45, 7) is 4.24. The lowest BCUT2D eigenvalue weighted by molar-refractivity contribution is 0.414. The van der Waals surface area contributed by atoms with Gasteiger partial charge in [-0.3, -0.25) is 0 Å². The van der Waals surface area contributed by atoms with E-state index in [4.69, 9.17) is 22.7 Å². The molecule has 1 rings (SSSR count). The summed E-state index contributed by atoms with van der Waals surface area (Å²) in [5, 5.41) is 0. The van der Waals surface area contributed by atoms with Crippen molar-refractivity contribution >= 4 is 17.2 Å². The van der Waals surface area contributed by atoms with E-state index in [0.29, 0.717) is 10.9 Å². The molecule has 0 aliphatic rings. The van der Waals surface area contributed by atoms with E-state index in [1.54, 1.807) is 7.11 Å². The van der Waals surface area contributed by atoms with Gasteiger partial charge in [0.15, 0.2) is 0 Å². The van der Waals surface area contributed by atoms with Gasteiger partial charge in [-0.15, -0.1) is 0 Å². The highest BCUT2D eigenvalue weighted by atomic mass is 32.1. The van der Waals surface area contributed by atoms with E-state index in [1.165, 1.54) is 0 Å². The first-order valence-electron chi connectivity index (χ1n) is 4.99. The third-order valence-corrected chi connectivity index (χ3v) is 2.70. The molecule has 1 aromatic rings. The summed E-state index contributed by atoms with van der Waals surface area (Å²) in [6, 6.07) is 7.90. The Morgan fingerprint density at radius 1 is 1.27 bits per heavy atom. The van der Waals surface area contributed by atoms with Crippen LogP contribution in [0.4, 0.5) is 0 Å². The number of rotatable bonds is 4. The predicted octanol–water partition coefficient (Wildman–Crippen LogP) is 2.72. The molecular weight excluding hydrogens is 206 g/mol. The van der Waals surface area contributed by atoms with E-state index in [9.17, 15) is 0 Å². The van der Waals surface area contributed by atoms with Crippen LogP contribution in [0.1, 0.15) is 25.3 Å². The van der Waals surface area contributed by atoms with Gasteiger partial charge >= 0.3 is 0 Å². The number of nitrogens with two attached hydrogens (primary N) is 1. The van der Waals surface area contributed by atoms with Crippen molar-refractivity contribution in [1.29, 1.82) is 0 Å². The second-order valence-electron chi connectivity index (χ2n) is 3.90. The summed E-state index contributed by atoms with van der Waals surface area (Å²) >= 11 is 5.08. The number of thiocarbonyl (C=S) groups is 1. The van der Waals surface area contributed by atoms with Crippen molar-refractivity contribution in [2.75, 3.05) is 7.11 Å². The molecule has 0 bridgehead atoms. The molecule has 0 amide bonds. The lowest BCUT2D eigenvalue weighted by Gasteiger charge is -2.20. The highest BCUT2D eigenvalue weighted by molar-refractivity contribution is 7.80. The van der Waals surface area contributed by atoms with Gasteiger partial charge in [0.25, 0.3) is 0 Å². The van der Waals surface area contributed by atoms with Crippen LogP contribution in [0.15, 0.2) is 24.3 Å². The van der Waals surface area contributed by atoms with Crippen molar-refractivity contribution in [3.05, 3.63) is 29.8 Å². The summed E-state index contributed by atoms with van der Waals surface area (Å²) in [7, 11) is 1.66. The third-order valence-electron chi connectivity index (χ3n) is 2.45. The minimum atomic E-state index is 0.144. The van der Waals surface area contributed by atoms with Gasteiger partial charge in [0, 0.05) is 5.92 Å². The first kappa shape index (κ1) is 12.0. The average Bonchev–Trinajstić information content (AvgIpc) is 2.18. The van der Waals surface area contributed by atoms with E-state index in [0.717, 1.165) is 11.3 Å². The minimum Gasteiger partial charge on any atom is -0.497 e. The quantitative estimate of drug-likeness (QED) is 0.797. The molecule has 0 aliphatic heterocycles. The van der Waals surface area contributed by atoms with Gasteiger partial charge < -0.3 is 10.5 Å². The van der Waals surface area contributed by atoms with Crippen LogP contribution >= 0.6 is 12.2 Å². The normalized spacial score (nSPS) is 12.5. The van der Waals surface area contributed by atoms with Crippen molar-refractivity contribution in [1.82, 2.24) is 0 Å². The van der Waals surface area contributed by atoms with Crippen LogP contribution in [0.3, 0.4) is 0 Å². The lowest BCUT2D eigenvalue weighted by Crippen LogP contribution is -2.23. The minimum absolute atomic E-state index is 0.144. The molecule has 2 N–H and O–H groups in total. The maximum absolute atomic E-state index is 5.74.